The zero-order valence-electron chi connectivity index (χ0n) is 11.7. The average Bonchev–Trinajstić information content (AvgIpc) is 2.53. The van der Waals surface area contributed by atoms with Crippen molar-refractivity contribution in [3.8, 4) is 5.75 Å². The molecule has 0 saturated carbocycles. The summed E-state index contributed by atoms with van der Waals surface area (Å²) in [4.78, 5) is 23.3. The number of anilines is 1. The number of rotatable bonds is 7. The van der Waals surface area contributed by atoms with Crippen LogP contribution in [0.5, 0.6) is 5.75 Å². The Bertz CT molecular complexity index is 628. The summed E-state index contributed by atoms with van der Waals surface area (Å²) in [7, 11) is 0. The molecule has 0 bridgehead atoms. The van der Waals surface area contributed by atoms with Crippen molar-refractivity contribution in [1.29, 1.82) is 0 Å². The molecule has 1 amide bonds. The van der Waals surface area contributed by atoms with Crippen LogP contribution in [0, 0.1) is 0 Å². The predicted molar refractivity (Wildman–Crippen MR) is 85.4 cm³/mol. The molecule has 2 aromatic carbocycles. The van der Waals surface area contributed by atoms with Crippen LogP contribution >= 0.6 is 11.8 Å². The van der Waals surface area contributed by atoms with Gasteiger partial charge in [0.1, 0.15) is 5.75 Å². The van der Waals surface area contributed by atoms with E-state index in [1.165, 1.54) is 11.8 Å². The number of hydrogen-bond donors (Lipinski definition) is 2. The highest BCUT2D eigenvalue weighted by molar-refractivity contribution is 8.00. The Kier molecular flexibility index (Phi) is 5.85. The average molecular weight is 317 g/mol. The highest BCUT2D eigenvalue weighted by atomic mass is 32.2. The van der Waals surface area contributed by atoms with Crippen molar-refractivity contribution in [1.82, 2.24) is 0 Å². The van der Waals surface area contributed by atoms with E-state index in [9.17, 15) is 9.59 Å². The van der Waals surface area contributed by atoms with Crippen LogP contribution in [-0.4, -0.2) is 29.3 Å². The number of thioether (sulfide) groups is 1. The van der Waals surface area contributed by atoms with Crippen molar-refractivity contribution in [3.05, 3.63) is 54.6 Å². The Labute approximate surface area is 132 Å². The third kappa shape index (κ3) is 5.49. The fraction of sp³-hybridized carbons (Fsp3) is 0.125. The molecule has 0 aromatic heterocycles. The molecule has 0 fully saturated rings. The number of carboxylic acid groups (broad SMARTS) is 1. The van der Waals surface area contributed by atoms with Gasteiger partial charge in [0.05, 0.1) is 5.75 Å². The highest BCUT2D eigenvalue weighted by Gasteiger charge is 2.04. The number of hydrogen-bond acceptors (Lipinski definition) is 4. The second kappa shape index (κ2) is 8.09. The molecule has 0 saturated heterocycles. The number of carbonyl (C=O) groups excluding carboxylic acids is 1. The molecule has 6 heteroatoms. The Morgan fingerprint density at radius 3 is 2.36 bits per heavy atom. The van der Waals surface area contributed by atoms with Crippen LogP contribution in [-0.2, 0) is 9.59 Å². The third-order valence-electron chi connectivity index (χ3n) is 2.61. The van der Waals surface area contributed by atoms with E-state index < -0.39 is 5.97 Å². The number of benzene rings is 2. The first-order valence-corrected chi connectivity index (χ1v) is 7.54. The second-order valence-corrected chi connectivity index (χ2v) is 5.41. The minimum absolute atomic E-state index is 0.104. The Morgan fingerprint density at radius 1 is 1.05 bits per heavy atom. The van der Waals surface area contributed by atoms with E-state index in [1.807, 2.05) is 30.3 Å². The molecule has 2 aromatic rings. The zero-order valence-corrected chi connectivity index (χ0v) is 12.5. The summed E-state index contributed by atoms with van der Waals surface area (Å²) in [6.45, 7) is -0.389. The molecule has 0 aliphatic rings. The number of nitrogens with one attached hydrogen (secondary N) is 1. The van der Waals surface area contributed by atoms with Crippen molar-refractivity contribution in [2.75, 3.05) is 17.7 Å². The summed E-state index contributed by atoms with van der Waals surface area (Å²) in [5, 5.41) is 11.3. The van der Waals surface area contributed by atoms with Crippen LogP contribution in [0.1, 0.15) is 0 Å². The van der Waals surface area contributed by atoms with Gasteiger partial charge in [0.15, 0.2) is 6.61 Å². The van der Waals surface area contributed by atoms with E-state index in [0.717, 1.165) is 4.90 Å². The van der Waals surface area contributed by atoms with Gasteiger partial charge in [0, 0.05) is 10.6 Å². The fourth-order valence-corrected chi connectivity index (χ4v) is 2.36. The number of carboxylic acids is 1. The number of carbonyl (C=O) groups is 2. The van der Waals surface area contributed by atoms with Crippen molar-refractivity contribution in [2.45, 2.75) is 4.90 Å². The van der Waals surface area contributed by atoms with Gasteiger partial charge in [0.25, 0.3) is 0 Å². The lowest BCUT2D eigenvalue weighted by Gasteiger charge is -2.07. The van der Waals surface area contributed by atoms with Crippen LogP contribution in [0.2, 0.25) is 0 Å². The van der Waals surface area contributed by atoms with Gasteiger partial charge in [-0.15, -0.1) is 11.8 Å². The second-order valence-electron chi connectivity index (χ2n) is 4.36. The summed E-state index contributed by atoms with van der Waals surface area (Å²) in [6, 6.07) is 16.2. The minimum atomic E-state index is -1.03. The number of ether oxygens (including phenoxy) is 1. The van der Waals surface area contributed by atoms with Crippen molar-refractivity contribution >= 4 is 29.3 Å². The summed E-state index contributed by atoms with van der Waals surface area (Å²) in [5.74, 6) is -0.371. The topological polar surface area (TPSA) is 75.6 Å². The first kappa shape index (κ1) is 15.9. The minimum Gasteiger partial charge on any atom is -0.482 e. The number of aliphatic carboxylic acids is 1. The smallest absolute Gasteiger partial charge is 0.341 e. The van der Waals surface area contributed by atoms with Gasteiger partial charge in [-0.3, -0.25) is 4.79 Å². The third-order valence-corrected chi connectivity index (χ3v) is 3.63. The van der Waals surface area contributed by atoms with Crippen molar-refractivity contribution in [3.63, 3.8) is 0 Å². The highest BCUT2D eigenvalue weighted by Crippen LogP contribution is 2.19. The largest absolute Gasteiger partial charge is 0.482 e. The van der Waals surface area contributed by atoms with E-state index in [4.69, 9.17) is 9.84 Å². The summed E-state index contributed by atoms with van der Waals surface area (Å²) in [5.41, 5.74) is 0.640. The molecule has 0 heterocycles. The molecule has 0 spiro atoms. The molecule has 22 heavy (non-hydrogen) atoms. The molecular weight excluding hydrogens is 302 g/mol. The molecule has 114 valence electrons. The lowest BCUT2D eigenvalue weighted by atomic mass is 10.3. The molecule has 0 radical (unpaired) electrons. The molecule has 0 aliphatic heterocycles. The van der Waals surface area contributed by atoms with Crippen molar-refractivity contribution in [2.24, 2.45) is 0 Å². The molecule has 0 atom stereocenters. The van der Waals surface area contributed by atoms with Crippen LogP contribution in [0.4, 0.5) is 5.69 Å². The van der Waals surface area contributed by atoms with Gasteiger partial charge in [-0.05, 0) is 36.4 Å². The Hall–Kier alpha value is -2.47. The van der Waals surface area contributed by atoms with Crippen LogP contribution in [0.25, 0.3) is 0 Å². The van der Waals surface area contributed by atoms with E-state index in [1.54, 1.807) is 24.3 Å². The first-order valence-electron chi connectivity index (χ1n) is 6.56. The lowest BCUT2D eigenvalue weighted by molar-refractivity contribution is -0.139. The normalized spacial score (nSPS) is 10.0. The molecular formula is C16H15NO4S. The summed E-state index contributed by atoms with van der Waals surface area (Å²) >= 11 is 1.46. The maximum Gasteiger partial charge on any atom is 0.341 e. The molecule has 2 N–H and O–H groups in total. The maximum absolute atomic E-state index is 11.8. The van der Waals surface area contributed by atoms with Crippen LogP contribution < -0.4 is 10.1 Å². The van der Waals surface area contributed by atoms with Gasteiger partial charge in [-0.25, -0.2) is 4.79 Å². The SMILES string of the molecule is O=C(O)COc1ccc(NC(=O)CSc2ccccc2)cc1. The van der Waals surface area contributed by atoms with Gasteiger partial charge < -0.3 is 15.2 Å². The van der Waals surface area contributed by atoms with E-state index in [0.29, 0.717) is 17.2 Å². The summed E-state index contributed by atoms with van der Waals surface area (Å²) < 4.78 is 5.02. The predicted octanol–water partition coefficient (Wildman–Crippen LogP) is 2.88. The van der Waals surface area contributed by atoms with Gasteiger partial charge in [-0.2, -0.15) is 0 Å². The maximum atomic E-state index is 11.8. The quantitative estimate of drug-likeness (QED) is 0.768. The molecule has 0 aliphatic carbocycles. The standard InChI is InChI=1S/C16H15NO4S/c18-15(11-22-14-4-2-1-3-5-14)17-12-6-8-13(9-7-12)21-10-16(19)20/h1-9H,10-11H2,(H,17,18)(H,19,20). The number of amides is 1. The van der Waals surface area contributed by atoms with Gasteiger partial charge >= 0.3 is 5.97 Å². The van der Waals surface area contributed by atoms with Crippen LogP contribution in [0.3, 0.4) is 0 Å². The lowest BCUT2D eigenvalue weighted by Crippen LogP contribution is -2.14. The van der Waals surface area contributed by atoms with Gasteiger partial charge in [0.2, 0.25) is 5.91 Å². The van der Waals surface area contributed by atoms with Crippen molar-refractivity contribution < 1.29 is 19.4 Å². The van der Waals surface area contributed by atoms with Gasteiger partial charge in [-0.1, -0.05) is 18.2 Å². The summed E-state index contributed by atoms with van der Waals surface area (Å²) in [6.07, 6.45) is 0. The fourth-order valence-electron chi connectivity index (χ4n) is 1.64. The van der Waals surface area contributed by atoms with Crippen LogP contribution in [0.15, 0.2) is 59.5 Å². The molecule has 0 unspecified atom stereocenters. The molecule has 2 rings (SSSR count). The monoisotopic (exact) mass is 317 g/mol. The molecule has 5 nitrogen and oxygen atoms in total. The van der Waals surface area contributed by atoms with E-state index in [-0.39, 0.29) is 12.5 Å². The zero-order chi connectivity index (χ0) is 15.8. The Balaban J connectivity index is 1.80. The van der Waals surface area contributed by atoms with E-state index in [2.05, 4.69) is 5.32 Å². The first-order chi connectivity index (χ1) is 10.6. The van der Waals surface area contributed by atoms with E-state index >= 15 is 0 Å². The Morgan fingerprint density at radius 2 is 1.73 bits per heavy atom.